The van der Waals surface area contributed by atoms with Crippen LogP contribution in [0.5, 0.6) is 17.2 Å². The van der Waals surface area contributed by atoms with Crippen molar-refractivity contribution in [3.63, 3.8) is 0 Å². The van der Waals surface area contributed by atoms with Crippen LogP contribution in [-0.4, -0.2) is 32.2 Å². The van der Waals surface area contributed by atoms with Gasteiger partial charge in [-0.05, 0) is 43.2 Å². The fourth-order valence-corrected chi connectivity index (χ4v) is 4.64. The average molecular weight is 489 g/mol. The third-order valence-electron chi connectivity index (χ3n) is 5.68. The number of thiazole rings is 1. The molecule has 0 aliphatic carbocycles. The van der Waals surface area contributed by atoms with Crippen LogP contribution in [-0.2, 0) is 11.2 Å². The average Bonchev–Trinajstić information content (AvgIpc) is 3.37. The number of aryl methyl sites for hydroxylation is 2. The number of rotatable bonds is 9. The number of ether oxygens (including phenoxy) is 3. The van der Waals surface area contributed by atoms with Gasteiger partial charge in [0.2, 0.25) is 5.91 Å². The standard InChI is InChI=1S/C28H28N2O4S/c1-19-9-13-21(14-10-19)22-18-35-28(29-22)30(23-7-5-6-8-24(23)32-2)27(31)16-12-20-11-15-25(33-3)26(17-20)34-4/h5-11,13-15,17-18H,12,16H2,1-4H3. The molecule has 4 rings (SSSR count). The summed E-state index contributed by atoms with van der Waals surface area (Å²) in [5.41, 5.74) is 4.67. The Morgan fingerprint density at radius 2 is 1.60 bits per heavy atom. The second kappa shape index (κ2) is 11.1. The highest BCUT2D eigenvalue weighted by Gasteiger charge is 2.24. The third-order valence-corrected chi connectivity index (χ3v) is 6.51. The van der Waals surface area contributed by atoms with E-state index in [9.17, 15) is 4.79 Å². The van der Waals surface area contributed by atoms with Crippen LogP contribution in [0, 0.1) is 6.92 Å². The first-order chi connectivity index (χ1) is 17.0. The molecule has 0 bridgehead atoms. The van der Waals surface area contributed by atoms with E-state index in [-0.39, 0.29) is 12.3 Å². The van der Waals surface area contributed by atoms with Crippen LogP contribution in [0.15, 0.2) is 72.1 Å². The molecular formula is C28H28N2O4S. The van der Waals surface area contributed by atoms with Gasteiger partial charge in [0.05, 0.1) is 32.7 Å². The van der Waals surface area contributed by atoms with E-state index in [1.165, 1.54) is 16.9 Å². The van der Waals surface area contributed by atoms with Crippen molar-refractivity contribution in [2.45, 2.75) is 19.8 Å². The lowest BCUT2D eigenvalue weighted by Crippen LogP contribution is -2.26. The molecule has 0 spiro atoms. The highest BCUT2D eigenvalue weighted by Crippen LogP contribution is 2.38. The Balaban J connectivity index is 1.64. The van der Waals surface area contributed by atoms with E-state index < -0.39 is 0 Å². The first-order valence-corrected chi connectivity index (χ1v) is 12.1. The van der Waals surface area contributed by atoms with Gasteiger partial charge in [-0.15, -0.1) is 11.3 Å². The predicted molar refractivity (Wildman–Crippen MR) is 140 cm³/mol. The van der Waals surface area contributed by atoms with Crippen LogP contribution in [0.2, 0.25) is 0 Å². The van der Waals surface area contributed by atoms with Crippen LogP contribution < -0.4 is 19.1 Å². The quantitative estimate of drug-likeness (QED) is 0.271. The molecule has 0 unspecified atom stereocenters. The van der Waals surface area contributed by atoms with Crippen molar-refractivity contribution < 1.29 is 19.0 Å². The zero-order chi connectivity index (χ0) is 24.8. The summed E-state index contributed by atoms with van der Waals surface area (Å²) in [6, 6.07) is 21.4. The minimum Gasteiger partial charge on any atom is -0.495 e. The Morgan fingerprint density at radius 1 is 0.886 bits per heavy atom. The monoisotopic (exact) mass is 488 g/mol. The number of benzene rings is 3. The second-order valence-electron chi connectivity index (χ2n) is 7.97. The molecule has 0 radical (unpaired) electrons. The number of nitrogens with zero attached hydrogens (tertiary/aromatic N) is 2. The Hall–Kier alpha value is -3.84. The van der Waals surface area contributed by atoms with E-state index in [1.54, 1.807) is 26.2 Å². The highest BCUT2D eigenvalue weighted by atomic mass is 32.1. The molecule has 0 fully saturated rings. The van der Waals surface area contributed by atoms with Gasteiger partial charge < -0.3 is 14.2 Å². The molecular weight excluding hydrogens is 460 g/mol. The zero-order valence-electron chi connectivity index (χ0n) is 20.3. The van der Waals surface area contributed by atoms with Gasteiger partial charge in [0.25, 0.3) is 0 Å². The van der Waals surface area contributed by atoms with Gasteiger partial charge in [-0.25, -0.2) is 4.98 Å². The maximum atomic E-state index is 13.6. The molecule has 3 aromatic carbocycles. The fraction of sp³-hybridized carbons (Fsp3) is 0.214. The summed E-state index contributed by atoms with van der Waals surface area (Å²) in [6.07, 6.45) is 0.827. The molecule has 0 N–H and O–H groups in total. The van der Waals surface area contributed by atoms with Crippen molar-refractivity contribution in [2.75, 3.05) is 26.2 Å². The highest BCUT2D eigenvalue weighted by molar-refractivity contribution is 7.14. The van der Waals surface area contributed by atoms with Crippen molar-refractivity contribution in [3.8, 4) is 28.5 Å². The van der Waals surface area contributed by atoms with E-state index in [2.05, 4.69) is 19.1 Å². The van der Waals surface area contributed by atoms with Gasteiger partial charge in [-0.3, -0.25) is 9.69 Å². The van der Waals surface area contributed by atoms with Crippen molar-refractivity contribution in [1.82, 2.24) is 4.98 Å². The van der Waals surface area contributed by atoms with Crippen LogP contribution in [0.25, 0.3) is 11.3 Å². The molecule has 0 saturated carbocycles. The van der Waals surface area contributed by atoms with Crippen LogP contribution in [0.3, 0.4) is 0 Å². The molecule has 6 nitrogen and oxygen atoms in total. The number of methoxy groups -OCH3 is 3. The van der Waals surface area contributed by atoms with Crippen LogP contribution >= 0.6 is 11.3 Å². The first kappa shape index (κ1) is 24.3. The number of carbonyl (C=O) groups excluding carboxylic acids is 1. The lowest BCUT2D eigenvalue weighted by Gasteiger charge is -2.22. The normalized spacial score (nSPS) is 10.6. The van der Waals surface area contributed by atoms with Crippen LogP contribution in [0.4, 0.5) is 10.8 Å². The lowest BCUT2D eigenvalue weighted by molar-refractivity contribution is -0.117. The fourth-order valence-electron chi connectivity index (χ4n) is 3.78. The van der Waals surface area contributed by atoms with Gasteiger partial charge in [0.1, 0.15) is 5.75 Å². The largest absolute Gasteiger partial charge is 0.495 e. The van der Waals surface area contributed by atoms with Gasteiger partial charge in [0, 0.05) is 17.4 Å². The molecule has 4 aromatic rings. The molecule has 0 saturated heterocycles. The number of para-hydroxylation sites is 2. The topological polar surface area (TPSA) is 60.9 Å². The Kier molecular flexibility index (Phi) is 7.67. The molecule has 1 heterocycles. The summed E-state index contributed by atoms with van der Waals surface area (Å²) < 4.78 is 16.3. The molecule has 1 aromatic heterocycles. The summed E-state index contributed by atoms with van der Waals surface area (Å²) in [6.45, 7) is 2.05. The summed E-state index contributed by atoms with van der Waals surface area (Å²) in [4.78, 5) is 20.1. The number of carbonyl (C=O) groups is 1. The number of amides is 1. The smallest absolute Gasteiger partial charge is 0.233 e. The minimum absolute atomic E-state index is 0.0749. The van der Waals surface area contributed by atoms with E-state index in [1.807, 2.05) is 60.0 Å². The minimum atomic E-state index is -0.0749. The van der Waals surface area contributed by atoms with E-state index in [0.717, 1.165) is 16.8 Å². The van der Waals surface area contributed by atoms with Gasteiger partial charge in [0.15, 0.2) is 16.6 Å². The van der Waals surface area contributed by atoms with E-state index in [0.29, 0.717) is 34.5 Å². The number of hydrogen-bond donors (Lipinski definition) is 0. The first-order valence-electron chi connectivity index (χ1n) is 11.2. The van der Waals surface area contributed by atoms with Crippen molar-refractivity contribution in [2.24, 2.45) is 0 Å². The van der Waals surface area contributed by atoms with Crippen LogP contribution in [0.1, 0.15) is 17.5 Å². The summed E-state index contributed by atoms with van der Waals surface area (Å²) in [5.74, 6) is 1.83. The molecule has 0 atom stereocenters. The number of hydrogen-bond acceptors (Lipinski definition) is 6. The second-order valence-corrected chi connectivity index (χ2v) is 8.81. The summed E-state index contributed by atoms with van der Waals surface area (Å²) in [7, 11) is 4.81. The zero-order valence-corrected chi connectivity index (χ0v) is 21.1. The van der Waals surface area contributed by atoms with Gasteiger partial charge in [-0.2, -0.15) is 0 Å². The van der Waals surface area contributed by atoms with Gasteiger partial charge >= 0.3 is 0 Å². The van der Waals surface area contributed by atoms with Crippen molar-refractivity contribution >= 4 is 28.1 Å². The predicted octanol–water partition coefficient (Wildman–Crippen LogP) is 6.44. The molecule has 1 amide bonds. The van der Waals surface area contributed by atoms with Crippen molar-refractivity contribution in [3.05, 3.63) is 83.2 Å². The Bertz CT molecular complexity index is 1300. The molecule has 35 heavy (non-hydrogen) atoms. The number of aromatic nitrogens is 1. The van der Waals surface area contributed by atoms with Crippen molar-refractivity contribution in [1.29, 1.82) is 0 Å². The number of anilines is 2. The molecule has 7 heteroatoms. The SMILES string of the molecule is COc1ccc(CCC(=O)N(c2nc(-c3ccc(C)cc3)cs2)c2ccccc2OC)cc1OC. The Morgan fingerprint density at radius 3 is 2.31 bits per heavy atom. The Labute approximate surface area is 209 Å². The lowest BCUT2D eigenvalue weighted by atomic mass is 10.1. The maximum Gasteiger partial charge on any atom is 0.233 e. The van der Waals surface area contributed by atoms with E-state index >= 15 is 0 Å². The summed E-state index contributed by atoms with van der Waals surface area (Å²) >= 11 is 1.43. The van der Waals surface area contributed by atoms with Gasteiger partial charge in [-0.1, -0.05) is 48.0 Å². The maximum absolute atomic E-state index is 13.6. The van der Waals surface area contributed by atoms with E-state index in [4.69, 9.17) is 19.2 Å². The third kappa shape index (κ3) is 5.46. The molecule has 0 aliphatic heterocycles. The molecule has 0 aliphatic rings. The molecule has 180 valence electrons. The summed E-state index contributed by atoms with van der Waals surface area (Å²) in [5, 5.41) is 2.58.